The minimum Gasteiger partial charge on any atom is -0.494 e. The van der Waals surface area contributed by atoms with Crippen molar-refractivity contribution in [2.24, 2.45) is 0 Å². The first kappa shape index (κ1) is 25.6. The molecule has 0 radical (unpaired) electrons. The number of amides is 2. The molecule has 5 rings (SSSR count). The Bertz CT molecular complexity index is 1380. The molecule has 1 aliphatic rings. The zero-order valence-corrected chi connectivity index (χ0v) is 22.3. The molecule has 0 saturated carbocycles. The Morgan fingerprint density at radius 1 is 1.05 bits per heavy atom. The van der Waals surface area contributed by atoms with Gasteiger partial charge in [-0.05, 0) is 69.2 Å². The Morgan fingerprint density at radius 2 is 1.89 bits per heavy atom. The monoisotopic (exact) mass is 513 g/mol. The molecule has 3 heterocycles. The fourth-order valence-corrected chi connectivity index (χ4v) is 5.06. The van der Waals surface area contributed by atoms with Gasteiger partial charge in [-0.3, -0.25) is 0 Å². The number of rotatable bonds is 9. The summed E-state index contributed by atoms with van der Waals surface area (Å²) in [5.41, 5.74) is 4.85. The average Bonchev–Trinajstić information content (AvgIpc) is 3.49. The van der Waals surface area contributed by atoms with Gasteiger partial charge in [-0.1, -0.05) is 30.3 Å². The second-order valence-electron chi connectivity index (χ2n) is 9.26. The van der Waals surface area contributed by atoms with E-state index in [0.717, 1.165) is 46.2 Å². The molecule has 8 nitrogen and oxygen atoms in total. The number of ether oxygens (including phenoxy) is 2. The topological polar surface area (TPSA) is 73.5 Å². The van der Waals surface area contributed by atoms with Crippen molar-refractivity contribution in [3.63, 3.8) is 0 Å². The van der Waals surface area contributed by atoms with Crippen molar-refractivity contribution in [2.45, 2.75) is 39.8 Å². The molecular formula is C30H35N5O3. The number of nitrogens with zero attached hydrogens (tertiary/aromatic N) is 4. The molecule has 1 N–H and O–H groups in total. The van der Waals surface area contributed by atoms with Crippen LogP contribution < -0.4 is 10.1 Å². The molecule has 0 spiro atoms. The number of aryl methyl sites for hydroxylation is 1. The summed E-state index contributed by atoms with van der Waals surface area (Å²) in [4.78, 5) is 15.7. The van der Waals surface area contributed by atoms with Crippen LogP contribution in [0, 0.1) is 6.92 Å². The standard InChI is InChI=1S/C30H35N5O3/c1-4-37-19-11-17-31-30(36)34-21-26-22(3)32-35(24-13-7-6-8-14-24)29(26)33-18-10-16-27(33)28(34)23-12-9-15-25(20-23)38-5-2/h6-10,12-16,18,20,28H,4-5,11,17,19,21H2,1-3H3,(H,31,36)/t28-/m0/s1. The molecule has 0 bridgehead atoms. The molecule has 1 atom stereocenters. The van der Waals surface area contributed by atoms with Gasteiger partial charge in [0.2, 0.25) is 0 Å². The maximum atomic E-state index is 13.8. The van der Waals surface area contributed by atoms with Crippen LogP contribution in [0.15, 0.2) is 72.9 Å². The highest BCUT2D eigenvalue weighted by molar-refractivity contribution is 5.76. The van der Waals surface area contributed by atoms with Crippen molar-refractivity contribution in [1.29, 1.82) is 0 Å². The van der Waals surface area contributed by atoms with Gasteiger partial charge in [-0.15, -0.1) is 0 Å². The second kappa shape index (κ2) is 11.6. The number of hydrogen-bond acceptors (Lipinski definition) is 4. The number of carbonyl (C=O) groups is 1. The second-order valence-corrected chi connectivity index (χ2v) is 9.26. The summed E-state index contributed by atoms with van der Waals surface area (Å²) in [5.74, 6) is 1.74. The predicted molar refractivity (Wildman–Crippen MR) is 147 cm³/mol. The van der Waals surface area contributed by atoms with E-state index in [1.165, 1.54) is 0 Å². The highest BCUT2D eigenvalue weighted by Crippen LogP contribution is 2.39. The number of para-hydroxylation sites is 1. The third kappa shape index (κ3) is 5.04. The van der Waals surface area contributed by atoms with Gasteiger partial charge in [0.05, 0.1) is 36.3 Å². The minimum atomic E-state index is -0.326. The molecule has 4 aromatic rings. The van der Waals surface area contributed by atoms with Crippen LogP contribution in [0.25, 0.3) is 11.5 Å². The van der Waals surface area contributed by atoms with Crippen LogP contribution >= 0.6 is 0 Å². The van der Waals surface area contributed by atoms with Gasteiger partial charge >= 0.3 is 6.03 Å². The Kier molecular flexibility index (Phi) is 7.79. The van der Waals surface area contributed by atoms with Gasteiger partial charge in [0.15, 0.2) is 0 Å². The number of fused-ring (bicyclic) bond motifs is 3. The molecule has 2 aromatic carbocycles. The van der Waals surface area contributed by atoms with Gasteiger partial charge in [0.1, 0.15) is 11.6 Å². The normalized spacial score (nSPS) is 14.5. The largest absolute Gasteiger partial charge is 0.494 e. The molecule has 198 valence electrons. The van der Waals surface area contributed by atoms with Crippen LogP contribution in [0.5, 0.6) is 5.75 Å². The Labute approximate surface area is 223 Å². The van der Waals surface area contributed by atoms with Crippen molar-refractivity contribution < 1.29 is 14.3 Å². The lowest BCUT2D eigenvalue weighted by molar-refractivity contribution is 0.143. The van der Waals surface area contributed by atoms with E-state index in [1.54, 1.807) is 0 Å². The lowest BCUT2D eigenvalue weighted by atomic mass is 10.0. The van der Waals surface area contributed by atoms with E-state index in [1.807, 2.05) is 85.0 Å². The van der Waals surface area contributed by atoms with Crippen molar-refractivity contribution in [1.82, 2.24) is 24.6 Å². The first-order valence-corrected chi connectivity index (χ1v) is 13.3. The average molecular weight is 514 g/mol. The van der Waals surface area contributed by atoms with Gasteiger partial charge < -0.3 is 24.3 Å². The number of nitrogens with one attached hydrogen (secondary N) is 1. The maximum Gasteiger partial charge on any atom is 0.318 e. The summed E-state index contributed by atoms with van der Waals surface area (Å²) in [6.07, 6.45) is 2.81. The molecule has 0 aliphatic carbocycles. The Balaban J connectivity index is 1.61. The zero-order chi connectivity index (χ0) is 26.5. The summed E-state index contributed by atoms with van der Waals surface area (Å²) in [5, 5.41) is 8.04. The van der Waals surface area contributed by atoms with E-state index in [9.17, 15) is 4.79 Å². The van der Waals surface area contributed by atoms with Crippen LogP contribution in [-0.2, 0) is 11.3 Å². The predicted octanol–water partition coefficient (Wildman–Crippen LogP) is 5.41. The van der Waals surface area contributed by atoms with Crippen LogP contribution in [0.1, 0.15) is 48.8 Å². The van der Waals surface area contributed by atoms with E-state index < -0.39 is 0 Å². The number of aromatic nitrogens is 3. The number of hydrogen-bond donors (Lipinski definition) is 1. The van der Waals surface area contributed by atoms with Gasteiger partial charge in [-0.25, -0.2) is 9.48 Å². The minimum absolute atomic E-state index is 0.124. The van der Waals surface area contributed by atoms with Crippen molar-refractivity contribution in [2.75, 3.05) is 26.4 Å². The molecule has 0 unspecified atom stereocenters. The van der Waals surface area contributed by atoms with E-state index in [-0.39, 0.29) is 12.1 Å². The van der Waals surface area contributed by atoms with Crippen LogP contribution in [0.4, 0.5) is 4.79 Å². The highest BCUT2D eigenvalue weighted by Gasteiger charge is 2.36. The number of benzene rings is 2. The Morgan fingerprint density at radius 3 is 2.68 bits per heavy atom. The van der Waals surface area contributed by atoms with Gasteiger partial charge in [0, 0.05) is 31.5 Å². The SMILES string of the molecule is CCOCCCNC(=O)N1Cc2c(C)nn(-c3ccccc3)c2-n2cccc2[C@@H]1c1cccc(OCC)c1. The maximum absolute atomic E-state index is 13.8. The first-order valence-electron chi connectivity index (χ1n) is 13.3. The first-order chi connectivity index (χ1) is 18.6. The van der Waals surface area contributed by atoms with Crippen LogP contribution in [0.3, 0.4) is 0 Å². The summed E-state index contributed by atoms with van der Waals surface area (Å²) < 4.78 is 15.4. The van der Waals surface area contributed by atoms with Crippen molar-refractivity contribution in [3.8, 4) is 17.3 Å². The molecule has 1 aliphatic heterocycles. The fraction of sp³-hybridized carbons (Fsp3) is 0.333. The summed E-state index contributed by atoms with van der Waals surface area (Å²) in [7, 11) is 0. The quantitative estimate of drug-likeness (QED) is 0.304. The molecule has 0 saturated heterocycles. The smallest absolute Gasteiger partial charge is 0.318 e. The van der Waals surface area contributed by atoms with Gasteiger partial charge in [-0.2, -0.15) is 5.10 Å². The summed E-state index contributed by atoms with van der Waals surface area (Å²) in [6, 6.07) is 21.8. The Hall–Kier alpha value is -4.04. The van der Waals surface area contributed by atoms with Gasteiger partial charge in [0.25, 0.3) is 0 Å². The highest BCUT2D eigenvalue weighted by atomic mass is 16.5. The van der Waals surface area contributed by atoms with Crippen LogP contribution in [-0.4, -0.2) is 51.6 Å². The summed E-state index contributed by atoms with van der Waals surface area (Å²) >= 11 is 0. The summed E-state index contributed by atoms with van der Waals surface area (Å²) in [6.45, 7) is 8.77. The molecule has 2 aromatic heterocycles. The fourth-order valence-electron chi connectivity index (χ4n) is 5.06. The van der Waals surface area contributed by atoms with Crippen molar-refractivity contribution >= 4 is 6.03 Å². The third-order valence-electron chi connectivity index (χ3n) is 6.78. The molecule has 2 amide bonds. The van der Waals surface area contributed by atoms with E-state index in [2.05, 4.69) is 28.2 Å². The van der Waals surface area contributed by atoms with Crippen LogP contribution in [0.2, 0.25) is 0 Å². The molecule has 38 heavy (non-hydrogen) atoms. The molecule has 8 heteroatoms. The lowest BCUT2D eigenvalue weighted by Gasteiger charge is -2.31. The van der Waals surface area contributed by atoms with E-state index in [0.29, 0.717) is 32.9 Å². The molecular weight excluding hydrogens is 478 g/mol. The third-order valence-corrected chi connectivity index (χ3v) is 6.78. The number of urea groups is 1. The number of carbonyl (C=O) groups excluding carboxylic acids is 1. The van der Waals surface area contributed by atoms with Crippen molar-refractivity contribution in [3.05, 3.63) is 95.4 Å². The van der Waals surface area contributed by atoms with E-state index >= 15 is 0 Å². The molecule has 0 fully saturated rings. The van der Waals surface area contributed by atoms with E-state index in [4.69, 9.17) is 14.6 Å². The lowest BCUT2D eigenvalue weighted by Crippen LogP contribution is -2.42. The zero-order valence-electron chi connectivity index (χ0n) is 22.3.